The van der Waals surface area contributed by atoms with E-state index in [9.17, 15) is 4.79 Å². The number of carbonyl (C=O) groups excluding carboxylic acids is 1. The van der Waals surface area contributed by atoms with E-state index >= 15 is 0 Å². The molecule has 0 N–H and O–H groups in total. The first kappa shape index (κ1) is 14.2. The summed E-state index contributed by atoms with van der Waals surface area (Å²) < 4.78 is 6.37. The molecule has 1 aromatic heterocycles. The van der Waals surface area contributed by atoms with Crippen molar-refractivity contribution in [3.05, 3.63) is 64.4 Å². The van der Waals surface area contributed by atoms with E-state index in [1.54, 1.807) is 18.3 Å². The molecule has 3 rings (SSSR count). The fraction of sp³-hybridized carbons (Fsp3) is 0.250. The van der Waals surface area contributed by atoms with Gasteiger partial charge in [0.15, 0.2) is 0 Å². The topological polar surface area (TPSA) is 42.4 Å². The van der Waals surface area contributed by atoms with Crippen LogP contribution in [0.15, 0.2) is 53.3 Å². The summed E-state index contributed by atoms with van der Waals surface area (Å²) in [4.78, 5) is 18.5. The lowest BCUT2D eigenvalue weighted by Crippen LogP contribution is -2.42. The minimum atomic E-state index is -0.0700. The minimum Gasteiger partial charge on any atom is -0.370 e. The van der Waals surface area contributed by atoms with Gasteiger partial charge in [0.2, 0.25) is 0 Å². The van der Waals surface area contributed by atoms with E-state index in [1.165, 1.54) is 0 Å². The average Bonchev–Trinajstić information content (AvgIpc) is 2.56. The van der Waals surface area contributed by atoms with Crippen molar-refractivity contribution >= 4 is 21.8 Å². The Morgan fingerprint density at radius 1 is 1.24 bits per heavy atom. The largest absolute Gasteiger partial charge is 0.370 e. The van der Waals surface area contributed by atoms with E-state index in [0.717, 1.165) is 5.56 Å². The smallest absolute Gasteiger partial charge is 0.256 e. The molecule has 0 spiro atoms. The molecule has 21 heavy (non-hydrogen) atoms. The maximum absolute atomic E-state index is 12.6. The molecule has 0 radical (unpaired) electrons. The zero-order valence-electron chi connectivity index (χ0n) is 11.4. The number of carbonyl (C=O) groups is 1. The summed E-state index contributed by atoms with van der Waals surface area (Å²) in [5, 5.41) is 0. The van der Waals surface area contributed by atoms with Crippen molar-refractivity contribution in [3.63, 3.8) is 0 Å². The number of hydrogen-bond donors (Lipinski definition) is 0. The maximum atomic E-state index is 12.6. The molecule has 108 valence electrons. The van der Waals surface area contributed by atoms with Gasteiger partial charge in [-0.25, -0.2) is 4.98 Å². The van der Waals surface area contributed by atoms with Gasteiger partial charge in [-0.3, -0.25) is 4.79 Å². The molecule has 4 nitrogen and oxygen atoms in total. The monoisotopic (exact) mass is 346 g/mol. The van der Waals surface area contributed by atoms with Crippen molar-refractivity contribution in [2.24, 2.45) is 0 Å². The Labute approximate surface area is 131 Å². The van der Waals surface area contributed by atoms with Crippen LogP contribution in [0.1, 0.15) is 22.0 Å². The van der Waals surface area contributed by atoms with Gasteiger partial charge in [0.25, 0.3) is 5.91 Å². The van der Waals surface area contributed by atoms with Crippen LogP contribution in [-0.4, -0.2) is 35.5 Å². The Morgan fingerprint density at radius 2 is 2.05 bits per heavy atom. The van der Waals surface area contributed by atoms with E-state index in [2.05, 4.69) is 20.9 Å². The third kappa shape index (κ3) is 3.14. The number of amides is 1. The van der Waals surface area contributed by atoms with Crippen LogP contribution >= 0.6 is 15.9 Å². The summed E-state index contributed by atoms with van der Waals surface area (Å²) in [6.07, 6.45) is 1.59. The molecule has 2 heterocycles. The SMILES string of the molecule is O=C(c1cccnc1Br)N1CCOC(c2ccccc2)C1. The highest BCUT2D eigenvalue weighted by molar-refractivity contribution is 9.10. The Kier molecular flexibility index (Phi) is 4.31. The highest BCUT2D eigenvalue weighted by Gasteiger charge is 2.27. The molecule has 0 aliphatic carbocycles. The maximum Gasteiger partial charge on any atom is 0.256 e. The van der Waals surface area contributed by atoms with E-state index in [0.29, 0.717) is 29.9 Å². The van der Waals surface area contributed by atoms with Gasteiger partial charge in [-0.2, -0.15) is 0 Å². The van der Waals surface area contributed by atoms with Crippen LogP contribution in [0, 0.1) is 0 Å². The van der Waals surface area contributed by atoms with Crippen LogP contribution in [0.3, 0.4) is 0 Å². The van der Waals surface area contributed by atoms with Crippen LogP contribution in [-0.2, 0) is 4.74 Å². The molecule has 1 unspecified atom stereocenters. The number of ether oxygens (including phenoxy) is 1. The third-order valence-corrected chi connectivity index (χ3v) is 4.15. The van der Waals surface area contributed by atoms with Gasteiger partial charge in [0.05, 0.1) is 18.7 Å². The van der Waals surface area contributed by atoms with Gasteiger partial charge in [-0.05, 0) is 33.6 Å². The second-order valence-electron chi connectivity index (χ2n) is 4.86. The molecule has 5 heteroatoms. The lowest BCUT2D eigenvalue weighted by atomic mass is 10.1. The van der Waals surface area contributed by atoms with Crippen molar-refractivity contribution < 1.29 is 9.53 Å². The van der Waals surface area contributed by atoms with Gasteiger partial charge in [-0.15, -0.1) is 0 Å². The Hall–Kier alpha value is -1.72. The Bertz CT molecular complexity index is 633. The van der Waals surface area contributed by atoms with Gasteiger partial charge < -0.3 is 9.64 Å². The molecule has 0 bridgehead atoms. The van der Waals surface area contributed by atoms with Crippen LogP contribution in [0.4, 0.5) is 0 Å². The molecule has 0 saturated carbocycles. The summed E-state index contributed by atoms with van der Waals surface area (Å²) in [6, 6.07) is 13.5. The molecule has 1 atom stereocenters. The lowest BCUT2D eigenvalue weighted by molar-refractivity contribution is -0.0228. The normalized spacial score (nSPS) is 18.5. The average molecular weight is 347 g/mol. The first-order valence-corrected chi connectivity index (χ1v) is 7.61. The number of pyridine rings is 1. The number of hydrogen-bond acceptors (Lipinski definition) is 3. The number of benzene rings is 1. The van der Waals surface area contributed by atoms with Crippen molar-refractivity contribution in [2.75, 3.05) is 19.7 Å². The second-order valence-corrected chi connectivity index (χ2v) is 5.61. The molecule has 1 aliphatic heterocycles. The zero-order valence-corrected chi connectivity index (χ0v) is 13.0. The van der Waals surface area contributed by atoms with Crippen LogP contribution in [0.2, 0.25) is 0 Å². The summed E-state index contributed by atoms with van der Waals surface area (Å²) in [5.74, 6) is -0.0146. The summed E-state index contributed by atoms with van der Waals surface area (Å²) >= 11 is 3.33. The Balaban J connectivity index is 1.77. The summed E-state index contributed by atoms with van der Waals surface area (Å²) in [5.41, 5.74) is 1.69. The molecule has 1 saturated heterocycles. The van der Waals surface area contributed by atoms with Gasteiger partial charge >= 0.3 is 0 Å². The van der Waals surface area contributed by atoms with E-state index in [-0.39, 0.29) is 12.0 Å². The predicted molar refractivity (Wildman–Crippen MR) is 83.0 cm³/mol. The van der Waals surface area contributed by atoms with Gasteiger partial charge in [0, 0.05) is 12.7 Å². The molecular formula is C16H15BrN2O2. The fourth-order valence-corrected chi connectivity index (χ4v) is 2.84. The van der Waals surface area contributed by atoms with Gasteiger partial charge in [0.1, 0.15) is 10.7 Å². The third-order valence-electron chi connectivity index (χ3n) is 3.51. The quantitative estimate of drug-likeness (QED) is 0.785. The van der Waals surface area contributed by atoms with Crippen molar-refractivity contribution in [1.82, 2.24) is 9.88 Å². The standard InChI is InChI=1S/C16H15BrN2O2/c17-15-13(7-4-8-18-15)16(20)19-9-10-21-14(11-19)12-5-2-1-3-6-12/h1-8,14H,9-11H2. The van der Waals surface area contributed by atoms with Crippen LogP contribution in [0.25, 0.3) is 0 Å². The second kappa shape index (κ2) is 6.37. The summed E-state index contributed by atoms with van der Waals surface area (Å²) in [7, 11) is 0. The van der Waals surface area contributed by atoms with E-state index in [4.69, 9.17) is 4.74 Å². The predicted octanol–water partition coefficient (Wildman–Crippen LogP) is 3.06. The lowest BCUT2D eigenvalue weighted by Gasteiger charge is -2.33. The number of nitrogens with zero attached hydrogens (tertiary/aromatic N) is 2. The first-order chi connectivity index (χ1) is 10.3. The van der Waals surface area contributed by atoms with Crippen molar-refractivity contribution in [1.29, 1.82) is 0 Å². The van der Waals surface area contributed by atoms with E-state index in [1.807, 2.05) is 35.2 Å². The molecule has 2 aromatic rings. The molecule has 1 amide bonds. The van der Waals surface area contributed by atoms with Crippen LogP contribution in [0.5, 0.6) is 0 Å². The van der Waals surface area contributed by atoms with Gasteiger partial charge in [-0.1, -0.05) is 30.3 Å². The Morgan fingerprint density at radius 3 is 2.81 bits per heavy atom. The molecule has 1 aliphatic rings. The summed E-state index contributed by atoms with van der Waals surface area (Å²) in [6.45, 7) is 1.71. The molecule has 1 fully saturated rings. The molecular weight excluding hydrogens is 332 g/mol. The van der Waals surface area contributed by atoms with E-state index < -0.39 is 0 Å². The number of rotatable bonds is 2. The molecule has 1 aromatic carbocycles. The fourth-order valence-electron chi connectivity index (χ4n) is 2.42. The highest BCUT2D eigenvalue weighted by atomic mass is 79.9. The van der Waals surface area contributed by atoms with Crippen molar-refractivity contribution in [2.45, 2.75) is 6.10 Å². The van der Waals surface area contributed by atoms with Crippen LogP contribution < -0.4 is 0 Å². The zero-order chi connectivity index (χ0) is 14.7. The number of halogens is 1. The first-order valence-electron chi connectivity index (χ1n) is 6.82. The highest BCUT2D eigenvalue weighted by Crippen LogP contribution is 2.24. The number of aromatic nitrogens is 1. The minimum absolute atomic E-state index is 0.0146. The van der Waals surface area contributed by atoms with Crippen molar-refractivity contribution in [3.8, 4) is 0 Å². The number of morpholine rings is 1.